The highest BCUT2D eigenvalue weighted by Gasteiger charge is 2.35. The molecule has 4 atom stereocenters. The molecule has 3 aromatic carbocycles. The molecule has 0 aliphatic carbocycles. The van der Waals surface area contributed by atoms with Crippen molar-refractivity contribution in [3.8, 4) is 5.75 Å². The van der Waals surface area contributed by atoms with Gasteiger partial charge in [0.05, 0.1) is 12.7 Å². The maximum absolute atomic E-state index is 14.8. The second kappa shape index (κ2) is 40.6. The van der Waals surface area contributed by atoms with Crippen LogP contribution in [-0.2, 0) is 55.8 Å². The third-order valence-electron chi connectivity index (χ3n) is 14.8. The zero-order valence-corrected chi connectivity index (χ0v) is 51.8. The quantitative estimate of drug-likeness (QED) is 0.0170. The molecule has 4 rings (SSSR count). The highest BCUT2D eigenvalue weighted by atomic mass is 31.2. The minimum Gasteiger partial charge on any atom is -0.508 e. The Morgan fingerprint density at radius 1 is 0.580 bits per heavy atom. The number of amides is 8. The molecule has 0 spiro atoms. The average Bonchev–Trinajstić information content (AvgIpc) is 2.82. The Morgan fingerprint density at radius 3 is 1.74 bits per heavy atom. The van der Waals surface area contributed by atoms with Crippen LogP contribution in [0.2, 0.25) is 0 Å². The van der Waals surface area contributed by atoms with Crippen molar-refractivity contribution in [2.45, 2.75) is 166 Å². The molecular weight excluding hydrogens is 1150 g/mol. The molecule has 1 heterocycles. The molecule has 486 valence electrons. The maximum Gasteiger partial charge on any atom is 0.326 e. The summed E-state index contributed by atoms with van der Waals surface area (Å²) in [5, 5.41) is 34.7. The van der Waals surface area contributed by atoms with E-state index in [0.717, 1.165) is 80.5 Å². The normalized spacial score (nSPS) is 17.1. The number of hydrogen-bond donors (Lipinski definition) is 14. The fourth-order valence-electron chi connectivity index (χ4n) is 9.78. The number of phenolic OH excluding ortho intramolecular Hbond substituents is 1. The molecule has 1 fully saturated rings. The predicted molar refractivity (Wildman–Crippen MR) is 338 cm³/mol. The molecule has 3 aromatic rings. The molecule has 1 aliphatic rings. The summed E-state index contributed by atoms with van der Waals surface area (Å²) in [7, 11) is -4.20. The van der Waals surface area contributed by atoms with Crippen molar-refractivity contribution in [1.82, 2.24) is 47.4 Å². The lowest BCUT2D eigenvalue weighted by atomic mass is 10.0. The summed E-state index contributed by atoms with van der Waals surface area (Å²) in [6.07, 6.45) is 11.1. The first kappa shape index (κ1) is 72.6. The van der Waals surface area contributed by atoms with E-state index in [1.54, 1.807) is 19.1 Å². The van der Waals surface area contributed by atoms with Crippen LogP contribution >= 0.6 is 7.60 Å². The average molecular weight is 1250 g/mol. The van der Waals surface area contributed by atoms with E-state index in [4.69, 9.17) is 27.0 Å². The highest BCUT2D eigenvalue weighted by molar-refractivity contribution is 7.51. The Morgan fingerprint density at radius 2 is 1.11 bits per heavy atom. The Bertz CT molecular complexity index is 2810. The number of benzene rings is 3. The zero-order valence-electron chi connectivity index (χ0n) is 50.9. The van der Waals surface area contributed by atoms with Crippen LogP contribution < -0.4 is 59.7 Å². The molecule has 0 radical (unpaired) electrons. The molecule has 0 bridgehead atoms. The standard InChI is InChI=1S/C61H95N14O12P/c1-43-56(81)73-49(21-18-36-68-60(62)63)58(83)74-50(41-45-24-27-46-19-10-11-20-47(46)39-45)57(82)71-42-55(80)72-51(40-44-25-28-48(76)29-26-44)59(84)75(43)37-17-5-4-14-35-70-61(64)69-34-13-3-2-12-31-65-52(77)22-8-6-15-32-66-53(78)23-9-7-16-33-67-54(79)30-38-88(85,86)87/h10-11,19-20,24-29,39,43,49-51,76H,2-9,12-18,21-23,30-38,40-42H2,1H3,(H,65,77)(H,66,78)(H,67,79)(H,71,82)(H,72,80)(H,73,81)(H,74,83)(H4,62,63,68)(H3,64,69,70)(H2,85,86,87)/t43-,49+,50+,51-/m1/s1. The number of rotatable bonds is 37. The molecule has 26 nitrogen and oxygen atoms in total. The maximum atomic E-state index is 14.8. The molecule has 1 aliphatic heterocycles. The number of unbranched alkanes of at least 4 members (excludes halogenated alkanes) is 10. The molecule has 1 saturated heterocycles. The predicted octanol–water partition coefficient (Wildman–Crippen LogP) is 2.25. The van der Waals surface area contributed by atoms with Crippen LogP contribution in [0.5, 0.6) is 5.75 Å². The van der Waals surface area contributed by atoms with E-state index in [2.05, 4.69) is 52.5 Å². The van der Waals surface area contributed by atoms with Crippen LogP contribution in [-0.4, -0.2) is 162 Å². The number of fused-ring (bicyclic) bond motifs is 1. The van der Waals surface area contributed by atoms with Crippen molar-refractivity contribution in [3.05, 3.63) is 77.9 Å². The van der Waals surface area contributed by atoms with Gasteiger partial charge in [0.25, 0.3) is 0 Å². The number of guanidine groups is 2. The van der Waals surface area contributed by atoms with Gasteiger partial charge >= 0.3 is 7.60 Å². The van der Waals surface area contributed by atoms with Crippen LogP contribution in [0.4, 0.5) is 0 Å². The van der Waals surface area contributed by atoms with Gasteiger partial charge in [-0.2, -0.15) is 0 Å². The summed E-state index contributed by atoms with van der Waals surface area (Å²) in [5.41, 5.74) is 18.6. The first-order chi connectivity index (χ1) is 42.2. The molecule has 27 heteroatoms. The number of carbonyl (C=O) groups is 8. The molecule has 88 heavy (non-hydrogen) atoms. The van der Waals surface area contributed by atoms with Crippen molar-refractivity contribution in [1.29, 1.82) is 0 Å². The molecular formula is C61H95N14O12P. The van der Waals surface area contributed by atoms with Crippen molar-refractivity contribution in [2.24, 2.45) is 27.2 Å². The van der Waals surface area contributed by atoms with Crippen LogP contribution in [0.1, 0.15) is 140 Å². The molecule has 8 amide bonds. The number of nitrogens with one attached hydrogen (secondary N) is 8. The largest absolute Gasteiger partial charge is 0.508 e. The molecule has 0 saturated carbocycles. The fraction of sp³-hybridized carbons (Fsp3) is 0.574. The van der Waals surface area contributed by atoms with Crippen molar-refractivity contribution >= 4 is 77.5 Å². The lowest BCUT2D eigenvalue weighted by molar-refractivity contribution is -0.143. The minimum absolute atomic E-state index is 0.00136. The van der Waals surface area contributed by atoms with Gasteiger partial charge in [-0.05, 0) is 105 Å². The Labute approximate surface area is 516 Å². The number of carbonyl (C=O) groups excluding carboxylic acids is 8. The molecule has 17 N–H and O–H groups in total. The summed E-state index contributed by atoms with van der Waals surface area (Å²) in [4.78, 5) is 135. The first-order valence-electron chi connectivity index (χ1n) is 30.8. The third kappa shape index (κ3) is 30.7. The van der Waals surface area contributed by atoms with Crippen LogP contribution in [0.15, 0.2) is 76.7 Å². The summed E-state index contributed by atoms with van der Waals surface area (Å²) in [6, 6.07) is 14.9. The fourth-order valence-corrected chi connectivity index (χ4v) is 10.3. The number of aromatic hydroxyl groups is 1. The Balaban J connectivity index is 1.19. The summed E-state index contributed by atoms with van der Waals surface area (Å²) in [6.45, 7) is 3.96. The van der Waals surface area contributed by atoms with Crippen molar-refractivity contribution < 1.29 is 57.8 Å². The number of nitrogens with zero attached hydrogens (tertiary/aromatic N) is 3. The van der Waals surface area contributed by atoms with Gasteiger partial charge in [-0.3, -0.25) is 52.9 Å². The van der Waals surface area contributed by atoms with E-state index in [1.165, 1.54) is 17.0 Å². The van der Waals surface area contributed by atoms with E-state index in [9.17, 15) is 48.0 Å². The summed E-state index contributed by atoms with van der Waals surface area (Å²) < 4.78 is 10.9. The topological polar surface area (TPSA) is 417 Å². The minimum atomic E-state index is -4.20. The van der Waals surface area contributed by atoms with Gasteiger partial charge in [-0.25, -0.2) is 0 Å². The van der Waals surface area contributed by atoms with Gasteiger partial charge in [0.2, 0.25) is 47.3 Å². The monoisotopic (exact) mass is 1250 g/mol. The van der Waals surface area contributed by atoms with Crippen LogP contribution in [0.3, 0.4) is 0 Å². The second-order valence-corrected chi connectivity index (χ2v) is 24.0. The van der Waals surface area contributed by atoms with Gasteiger partial charge in [0, 0.05) is 77.9 Å². The van der Waals surface area contributed by atoms with Crippen LogP contribution in [0, 0.1) is 0 Å². The number of hydrogen-bond acceptors (Lipinski definition) is 12. The lowest BCUT2D eigenvalue weighted by Crippen LogP contribution is -2.58. The summed E-state index contributed by atoms with van der Waals surface area (Å²) >= 11 is 0. The SMILES string of the molecule is C[C@@H]1C(=O)N[C@@H](CCCN=C(N)N)C(=O)N[C@@H](Cc2ccc3ccccc3c2)C(=O)NCC(=O)N[C@H](Cc2ccc(O)cc2)C(=O)N1CCCCCCNC(N)=NCCCCCCNC(=O)CCCCCNC(=O)CCCCCNC(=O)CCP(=O)(O)O. The van der Waals surface area contributed by atoms with Gasteiger partial charge in [-0.1, -0.05) is 93.1 Å². The smallest absolute Gasteiger partial charge is 0.326 e. The van der Waals surface area contributed by atoms with Gasteiger partial charge in [-0.15, -0.1) is 0 Å². The summed E-state index contributed by atoms with van der Waals surface area (Å²) in [5.74, 6) is -3.40. The number of nitrogens with two attached hydrogens (primary N) is 3. The Kier molecular flexibility index (Phi) is 33.5. The van der Waals surface area contributed by atoms with E-state index < -0.39 is 79.9 Å². The first-order valence-corrected chi connectivity index (χ1v) is 32.6. The van der Waals surface area contributed by atoms with E-state index >= 15 is 0 Å². The van der Waals surface area contributed by atoms with E-state index in [0.29, 0.717) is 82.8 Å². The third-order valence-corrected chi connectivity index (χ3v) is 15.6. The zero-order chi connectivity index (χ0) is 64.1. The van der Waals surface area contributed by atoms with Crippen molar-refractivity contribution in [3.63, 3.8) is 0 Å². The van der Waals surface area contributed by atoms with Crippen molar-refractivity contribution in [2.75, 3.05) is 58.5 Å². The highest BCUT2D eigenvalue weighted by Crippen LogP contribution is 2.34. The van der Waals surface area contributed by atoms with Crippen LogP contribution in [0.25, 0.3) is 10.8 Å². The van der Waals surface area contributed by atoms with E-state index in [1.807, 2.05) is 42.5 Å². The Hall–Kier alpha value is -7.83. The second-order valence-electron chi connectivity index (χ2n) is 22.2. The van der Waals surface area contributed by atoms with E-state index in [-0.39, 0.29) is 68.7 Å². The molecule has 0 aromatic heterocycles. The van der Waals surface area contributed by atoms with Gasteiger partial charge in [0.1, 0.15) is 29.9 Å². The number of aliphatic imine (C=N–C) groups is 2. The number of phenols is 1. The molecule has 0 unspecified atom stereocenters. The van der Waals surface area contributed by atoms with Gasteiger partial charge in [0.15, 0.2) is 11.9 Å². The lowest BCUT2D eigenvalue weighted by Gasteiger charge is -2.33. The van der Waals surface area contributed by atoms with Gasteiger partial charge < -0.3 is 79.5 Å².